The zero-order valence-corrected chi connectivity index (χ0v) is 25.4. The number of sulfonamides is 1. The molecule has 0 aromatic heterocycles. The average molecular weight is 605 g/mol. The Morgan fingerprint density at radius 2 is 1.43 bits per heavy atom. The van der Waals surface area contributed by atoms with Gasteiger partial charge in [-0.2, -0.15) is 0 Å². The molecule has 3 aromatic carbocycles. The largest absolute Gasteiger partial charge is 0.354 e. The van der Waals surface area contributed by atoms with Gasteiger partial charge in [-0.25, -0.2) is 8.42 Å². The molecule has 3 aromatic rings. The van der Waals surface area contributed by atoms with Gasteiger partial charge in [-0.3, -0.25) is 13.9 Å². The van der Waals surface area contributed by atoms with Crippen molar-refractivity contribution in [2.75, 3.05) is 17.4 Å². The summed E-state index contributed by atoms with van der Waals surface area (Å²) in [6.45, 7) is 7.74. The molecule has 214 valence electrons. The maximum atomic E-state index is 14.0. The van der Waals surface area contributed by atoms with Crippen LogP contribution in [0.3, 0.4) is 0 Å². The minimum atomic E-state index is -4.16. The van der Waals surface area contributed by atoms with Gasteiger partial charge in [0.05, 0.1) is 10.6 Å². The number of benzene rings is 3. The van der Waals surface area contributed by atoms with Gasteiger partial charge < -0.3 is 10.2 Å². The summed E-state index contributed by atoms with van der Waals surface area (Å²) in [5.74, 6) is -0.580. The summed E-state index contributed by atoms with van der Waals surface area (Å²) in [4.78, 5) is 28.7. The third kappa shape index (κ3) is 8.22. The molecular weight excluding hydrogens is 569 g/mol. The van der Waals surface area contributed by atoms with Crippen molar-refractivity contribution >= 4 is 50.7 Å². The highest BCUT2D eigenvalue weighted by atomic mass is 35.5. The summed E-state index contributed by atoms with van der Waals surface area (Å²) in [6.07, 6.45) is 0.345. The number of hydrogen-bond donors (Lipinski definition) is 1. The Hall–Kier alpha value is -3.07. The van der Waals surface area contributed by atoms with E-state index in [4.69, 9.17) is 23.2 Å². The molecule has 0 saturated heterocycles. The lowest BCUT2D eigenvalue weighted by atomic mass is 10.1. The minimum absolute atomic E-state index is 0.00348. The van der Waals surface area contributed by atoms with E-state index in [1.165, 1.54) is 29.2 Å². The summed E-state index contributed by atoms with van der Waals surface area (Å²) in [6, 6.07) is 18.8. The van der Waals surface area contributed by atoms with Crippen LogP contribution in [0.25, 0.3) is 0 Å². The van der Waals surface area contributed by atoms with E-state index in [1.54, 1.807) is 48.5 Å². The van der Waals surface area contributed by atoms with E-state index in [-0.39, 0.29) is 23.3 Å². The van der Waals surface area contributed by atoms with Crippen LogP contribution < -0.4 is 9.62 Å². The monoisotopic (exact) mass is 603 g/mol. The highest BCUT2D eigenvalue weighted by Crippen LogP contribution is 2.26. The smallest absolute Gasteiger partial charge is 0.264 e. The van der Waals surface area contributed by atoms with Gasteiger partial charge in [0.2, 0.25) is 11.8 Å². The fraction of sp³-hybridized carbons (Fsp3) is 0.333. The Balaban J connectivity index is 2.03. The number of nitrogens with zero attached hydrogens (tertiary/aromatic N) is 2. The van der Waals surface area contributed by atoms with Gasteiger partial charge in [0.15, 0.2) is 0 Å². The summed E-state index contributed by atoms with van der Waals surface area (Å²) in [7, 11) is -4.16. The molecule has 0 fully saturated rings. The molecule has 0 unspecified atom stereocenters. The summed E-state index contributed by atoms with van der Waals surface area (Å²) in [5, 5.41) is 3.85. The lowest BCUT2D eigenvalue weighted by molar-refractivity contribution is -0.140. The predicted molar refractivity (Wildman–Crippen MR) is 161 cm³/mol. The normalized spacial score (nSPS) is 12.2. The second-order valence-electron chi connectivity index (χ2n) is 10.0. The Morgan fingerprint density at radius 1 is 0.875 bits per heavy atom. The fourth-order valence-electron chi connectivity index (χ4n) is 4.10. The van der Waals surface area contributed by atoms with Crippen LogP contribution in [0.1, 0.15) is 38.3 Å². The van der Waals surface area contributed by atoms with Crippen LogP contribution in [0, 0.1) is 12.8 Å². The summed E-state index contributed by atoms with van der Waals surface area (Å²) >= 11 is 12.1. The molecule has 40 heavy (non-hydrogen) atoms. The quantitative estimate of drug-likeness (QED) is 0.272. The van der Waals surface area contributed by atoms with Crippen LogP contribution in [-0.4, -0.2) is 44.3 Å². The SMILES string of the molecule is CC[C@@H](C(=O)NCC(C)C)N(Cc1ccc(Cl)cc1)C(=O)CN(c1ccc(C)cc1)S(=O)(=O)c1ccc(Cl)cc1. The van der Waals surface area contributed by atoms with E-state index in [2.05, 4.69) is 5.32 Å². The van der Waals surface area contributed by atoms with Gasteiger partial charge in [-0.05, 0) is 73.4 Å². The molecule has 0 saturated carbocycles. The lowest BCUT2D eigenvalue weighted by Crippen LogP contribution is -2.52. The number of halogens is 2. The summed E-state index contributed by atoms with van der Waals surface area (Å²) in [5.41, 5.74) is 2.03. The van der Waals surface area contributed by atoms with Crippen LogP contribution in [0.15, 0.2) is 77.7 Å². The van der Waals surface area contributed by atoms with E-state index in [9.17, 15) is 18.0 Å². The van der Waals surface area contributed by atoms with E-state index >= 15 is 0 Å². The molecule has 3 rings (SSSR count). The molecule has 1 N–H and O–H groups in total. The molecule has 0 bridgehead atoms. The first kappa shape index (κ1) is 31.5. The predicted octanol–water partition coefficient (Wildman–Crippen LogP) is 6.08. The molecule has 0 spiro atoms. The van der Waals surface area contributed by atoms with Gasteiger partial charge in [0.25, 0.3) is 10.0 Å². The van der Waals surface area contributed by atoms with Gasteiger partial charge in [0, 0.05) is 23.1 Å². The Bertz CT molecular complexity index is 1390. The molecule has 0 aliphatic rings. The van der Waals surface area contributed by atoms with Crippen molar-refractivity contribution in [2.45, 2.75) is 51.6 Å². The molecule has 7 nitrogen and oxygen atoms in total. The molecule has 1 atom stereocenters. The zero-order chi connectivity index (χ0) is 29.4. The van der Waals surface area contributed by atoms with Crippen molar-refractivity contribution in [3.05, 3.63) is 94.0 Å². The topological polar surface area (TPSA) is 86.8 Å². The third-order valence-electron chi connectivity index (χ3n) is 6.34. The van der Waals surface area contributed by atoms with E-state index in [1.807, 2.05) is 27.7 Å². The van der Waals surface area contributed by atoms with Crippen molar-refractivity contribution < 1.29 is 18.0 Å². The number of rotatable bonds is 12. The first-order valence-electron chi connectivity index (χ1n) is 13.1. The molecule has 0 radical (unpaired) electrons. The maximum absolute atomic E-state index is 14.0. The third-order valence-corrected chi connectivity index (χ3v) is 8.63. The number of carbonyl (C=O) groups excluding carboxylic acids is 2. The number of anilines is 1. The minimum Gasteiger partial charge on any atom is -0.354 e. The van der Waals surface area contributed by atoms with Crippen LogP contribution >= 0.6 is 23.2 Å². The van der Waals surface area contributed by atoms with Crippen LogP contribution in [0.4, 0.5) is 5.69 Å². The standard InChI is InChI=1S/C30H35Cl2N3O4S/c1-5-28(30(37)33-18-21(2)3)34(19-23-8-10-24(31)11-9-23)29(36)20-35(26-14-6-22(4)7-15-26)40(38,39)27-16-12-25(32)13-17-27/h6-17,21,28H,5,18-20H2,1-4H3,(H,33,37)/t28-/m0/s1. The van der Waals surface area contributed by atoms with E-state index in [0.29, 0.717) is 28.7 Å². The Labute approximate surface area is 247 Å². The first-order valence-corrected chi connectivity index (χ1v) is 15.3. The number of nitrogens with one attached hydrogen (secondary N) is 1. The zero-order valence-electron chi connectivity index (χ0n) is 23.1. The van der Waals surface area contributed by atoms with Gasteiger partial charge in [0.1, 0.15) is 12.6 Å². The van der Waals surface area contributed by atoms with Gasteiger partial charge in [-0.1, -0.05) is 73.8 Å². The number of carbonyl (C=O) groups is 2. The molecular formula is C30H35Cl2N3O4S. The van der Waals surface area contributed by atoms with Crippen molar-refractivity contribution in [1.29, 1.82) is 0 Å². The van der Waals surface area contributed by atoms with Crippen LogP contribution in [0.5, 0.6) is 0 Å². The highest BCUT2D eigenvalue weighted by Gasteiger charge is 2.33. The van der Waals surface area contributed by atoms with E-state index < -0.39 is 28.5 Å². The van der Waals surface area contributed by atoms with Crippen LogP contribution in [-0.2, 0) is 26.2 Å². The first-order chi connectivity index (χ1) is 18.9. The van der Waals surface area contributed by atoms with Crippen molar-refractivity contribution in [3.8, 4) is 0 Å². The fourth-order valence-corrected chi connectivity index (χ4v) is 5.77. The molecule has 0 aliphatic carbocycles. The van der Waals surface area contributed by atoms with Gasteiger partial charge in [-0.15, -0.1) is 0 Å². The summed E-state index contributed by atoms with van der Waals surface area (Å²) < 4.78 is 28.8. The van der Waals surface area contributed by atoms with E-state index in [0.717, 1.165) is 15.4 Å². The Morgan fingerprint density at radius 3 is 1.95 bits per heavy atom. The maximum Gasteiger partial charge on any atom is 0.264 e. The Kier molecular flexibility index (Phi) is 11.0. The lowest BCUT2D eigenvalue weighted by Gasteiger charge is -2.33. The second kappa shape index (κ2) is 14.0. The molecule has 10 heteroatoms. The molecule has 0 aliphatic heterocycles. The second-order valence-corrected chi connectivity index (χ2v) is 12.7. The molecule has 0 heterocycles. The van der Waals surface area contributed by atoms with Crippen molar-refractivity contribution in [1.82, 2.24) is 10.2 Å². The van der Waals surface area contributed by atoms with Crippen LogP contribution in [0.2, 0.25) is 10.0 Å². The number of aryl methyl sites for hydroxylation is 1. The van der Waals surface area contributed by atoms with Gasteiger partial charge >= 0.3 is 0 Å². The average Bonchev–Trinajstić information content (AvgIpc) is 2.92. The van der Waals surface area contributed by atoms with Crippen molar-refractivity contribution in [3.63, 3.8) is 0 Å². The van der Waals surface area contributed by atoms with Crippen molar-refractivity contribution in [2.24, 2.45) is 5.92 Å². The highest BCUT2D eigenvalue weighted by molar-refractivity contribution is 7.92. The number of hydrogen-bond acceptors (Lipinski definition) is 4. The molecule has 2 amide bonds. The number of amides is 2.